The summed E-state index contributed by atoms with van der Waals surface area (Å²) in [5, 5.41) is 8.85. The molecule has 2 N–H and O–H groups in total. The highest BCUT2D eigenvalue weighted by molar-refractivity contribution is 7.09. The summed E-state index contributed by atoms with van der Waals surface area (Å²) in [7, 11) is 0. The van der Waals surface area contributed by atoms with Gasteiger partial charge in [-0.25, -0.2) is 15.0 Å². The van der Waals surface area contributed by atoms with Crippen LogP contribution < -0.4 is 15.5 Å². The van der Waals surface area contributed by atoms with Crippen LogP contribution in [0.5, 0.6) is 0 Å². The number of anilines is 1. The van der Waals surface area contributed by atoms with Crippen molar-refractivity contribution in [2.24, 2.45) is 4.99 Å². The fourth-order valence-electron chi connectivity index (χ4n) is 3.04. The van der Waals surface area contributed by atoms with Gasteiger partial charge in [-0.05, 0) is 37.4 Å². The van der Waals surface area contributed by atoms with Crippen LogP contribution in [-0.2, 0) is 6.54 Å². The molecule has 0 bridgehead atoms. The fraction of sp³-hybridized carbons (Fsp3) is 0.526. The van der Waals surface area contributed by atoms with Crippen LogP contribution in [0.2, 0.25) is 0 Å². The van der Waals surface area contributed by atoms with Crippen molar-refractivity contribution in [3.8, 4) is 0 Å². The SMILES string of the molecule is CCNC(=NCc1cccs1)NCCCN1CCN(c2ncccn2)CC1. The van der Waals surface area contributed by atoms with Crippen LogP contribution in [0.4, 0.5) is 5.95 Å². The molecule has 27 heavy (non-hydrogen) atoms. The lowest BCUT2D eigenvalue weighted by atomic mass is 10.3. The second-order valence-corrected chi connectivity index (χ2v) is 7.46. The molecule has 0 saturated carbocycles. The summed E-state index contributed by atoms with van der Waals surface area (Å²) in [6.45, 7) is 9.83. The zero-order valence-electron chi connectivity index (χ0n) is 16.0. The van der Waals surface area contributed by atoms with Crippen LogP contribution in [0.1, 0.15) is 18.2 Å². The number of nitrogens with zero attached hydrogens (tertiary/aromatic N) is 5. The van der Waals surface area contributed by atoms with Crippen molar-refractivity contribution in [1.82, 2.24) is 25.5 Å². The molecule has 146 valence electrons. The van der Waals surface area contributed by atoms with Gasteiger partial charge in [0, 0.05) is 56.5 Å². The van der Waals surface area contributed by atoms with E-state index in [1.807, 2.05) is 18.5 Å². The highest BCUT2D eigenvalue weighted by Gasteiger charge is 2.18. The molecule has 0 aromatic carbocycles. The van der Waals surface area contributed by atoms with Gasteiger partial charge in [0.15, 0.2) is 5.96 Å². The molecule has 2 aromatic heterocycles. The molecule has 3 rings (SSSR count). The molecule has 2 aromatic rings. The Morgan fingerprint density at radius 3 is 2.67 bits per heavy atom. The van der Waals surface area contributed by atoms with E-state index in [4.69, 9.17) is 0 Å². The van der Waals surface area contributed by atoms with E-state index in [0.29, 0.717) is 0 Å². The highest BCUT2D eigenvalue weighted by Crippen LogP contribution is 2.10. The number of nitrogens with one attached hydrogen (secondary N) is 2. The number of piperazine rings is 1. The molecule has 0 radical (unpaired) electrons. The molecular formula is C19H29N7S. The van der Waals surface area contributed by atoms with Crippen molar-refractivity contribution < 1.29 is 0 Å². The third-order valence-corrected chi connectivity index (χ3v) is 5.33. The van der Waals surface area contributed by atoms with Gasteiger partial charge in [-0.1, -0.05) is 6.07 Å². The summed E-state index contributed by atoms with van der Waals surface area (Å²) in [6, 6.07) is 6.05. The van der Waals surface area contributed by atoms with Crippen molar-refractivity contribution in [2.45, 2.75) is 19.9 Å². The lowest BCUT2D eigenvalue weighted by molar-refractivity contribution is 0.254. The summed E-state index contributed by atoms with van der Waals surface area (Å²) in [4.78, 5) is 19.4. The van der Waals surface area contributed by atoms with E-state index in [0.717, 1.165) is 70.7 Å². The summed E-state index contributed by atoms with van der Waals surface area (Å²) in [5.41, 5.74) is 0. The van der Waals surface area contributed by atoms with E-state index in [-0.39, 0.29) is 0 Å². The van der Waals surface area contributed by atoms with Gasteiger partial charge in [0.2, 0.25) is 5.95 Å². The van der Waals surface area contributed by atoms with E-state index in [2.05, 4.69) is 59.8 Å². The quantitative estimate of drug-likeness (QED) is 0.409. The standard InChI is InChI=1S/C19H29N7S/c1-2-20-18(24-16-17-6-3-15-27-17)21-9-5-10-25-11-13-26(14-12-25)19-22-7-4-8-23-19/h3-4,6-8,15H,2,5,9-14,16H2,1H3,(H2,20,21,24). The van der Waals surface area contributed by atoms with Gasteiger partial charge in [0.25, 0.3) is 0 Å². The molecule has 0 atom stereocenters. The lowest BCUT2D eigenvalue weighted by Crippen LogP contribution is -2.47. The number of guanidine groups is 1. The Morgan fingerprint density at radius 1 is 1.15 bits per heavy atom. The molecule has 7 nitrogen and oxygen atoms in total. The van der Waals surface area contributed by atoms with Crippen LogP contribution in [0.3, 0.4) is 0 Å². The number of aliphatic imine (C=N–C) groups is 1. The van der Waals surface area contributed by atoms with Gasteiger partial charge in [-0.15, -0.1) is 11.3 Å². The van der Waals surface area contributed by atoms with Gasteiger partial charge < -0.3 is 15.5 Å². The van der Waals surface area contributed by atoms with Crippen LogP contribution in [0.25, 0.3) is 0 Å². The lowest BCUT2D eigenvalue weighted by Gasteiger charge is -2.34. The zero-order chi connectivity index (χ0) is 18.7. The minimum Gasteiger partial charge on any atom is -0.357 e. The minimum absolute atomic E-state index is 0.733. The molecule has 3 heterocycles. The van der Waals surface area contributed by atoms with Gasteiger partial charge in [0.1, 0.15) is 0 Å². The van der Waals surface area contributed by atoms with Crippen LogP contribution >= 0.6 is 11.3 Å². The molecule has 1 aliphatic heterocycles. The smallest absolute Gasteiger partial charge is 0.225 e. The molecule has 0 spiro atoms. The minimum atomic E-state index is 0.733. The molecular weight excluding hydrogens is 358 g/mol. The fourth-order valence-corrected chi connectivity index (χ4v) is 3.66. The second-order valence-electron chi connectivity index (χ2n) is 6.43. The van der Waals surface area contributed by atoms with E-state index < -0.39 is 0 Å². The van der Waals surface area contributed by atoms with Crippen molar-refractivity contribution in [3.05, 3.63) is 40.8 Å². The monoisotopic (exact) mass is 387 g/mol. The highest BCUT2D eigenvalue weighted by atomic mass is 32.1. The van der Waals surface area contributed by atoms with Crippen LogP contribution in [0, 0.1) is 0 Å². The number of aromatic nitrogens is 2. The zero-order valence-corrected chi connectivity index (χ0v) is 16.8. The molecule has 8 heteroatoms. The number of hydrogen-bond donors (Lipinski definition) is 2. The van der Waals surface area contributed by atoms with Gasteiger partial charge >= 0.3 is 0 Å². The van der Waals surface area contributed by atoms with E-state index in [9.17, 15) is 0 Å². The third-order valence-electron chi connectivity index (χ3n) is 4.47. The van der Waals surface area contributed by atoms with Gasteiger partial charge in [-0.3, -0.25) is 4.90 Å². The van der Waals surface area contributed by atoms with Gasteiger partial charge in [-0.2, -0.15) is 0 Å². The molecule has 0 unspecified atom stereocenters. The van der Waals surface area contributed by atoms with Gasteiger partial charge in [0.05, 0.1) is 6.54 Å². The van der Waals surface area contributed by atoms with E-state index >= 15 is 0 Å². The number of thiophene rings is 1. The summed E-state index contributed by atoms with van der Waals surface area (Å²) in [5.74, 6) is 1.74. The van der Waals surface area contributed by atoms with Crippen molar-refractivity contribution in [2.75, 3.05) is 50.7 Å². The first-order valence-corrected chi connectivity index (χ1v) is 10.5. The number of hydrogen-bond acceptors (Lipinski definition) is 6. The predicted octanol–water partition coefficient (Wildman–Crippen LogP) is 1.81. The average Bonchev–Trinajstić information content (AvgIpc) is 3.24. The van der Waals surface area contributed by atoms with E-state index in [1.54, 1.807) is 11.3 Å². The third kappa shape index (κ3) is 6.48. The molecule has 1 fully saturated rings. The maximum Gasteiger partial charge on any atom is 0.225 e. The van der Waals surface area contributed by atoms with Crippen molar-refractivity contribution in [3.63, 3.8) is 0 Å². The molecule has 0 aliphatic carbocycles. The number of rotatable bonds is 8. The maximum atomic E-state index is 4.65. The first-order chi connectivity index (χ1) is 13.3. The van der Waals surface area contributed by atoms with Crippen LogP contribution in [0.15, 0.2) is 41.0 Å². The Bertz CT molecular complexity index is 667. The second kappa shape index (κ2) is 10.8. The maximum absolute atomic E-state index is 4.65. The van der Waals surface area contributed by atoms with Crippen molar-refractivity contribution >= 4 is 23.2 Å². The Kier molecular flexibility index (Phi) is 7.85. The first-order valence-electron chi connectivity index (χ1n) is 9.64. The Balaban J connectivity index is 1.34. The topological polar surface area (TPSA) is 68.7 Å². The molecule has 1 saturated heterocycles. The molecule has 1 aliphatic rings. The molecule has 0 amide bonds. The van der Waals surface area contributed by atoms with Crippen molar-refractivity contribution in [1.29, 1.82) is 0 Å². The van der Waals surface area contributed by atoms with Crippen LogP contribution in [-0.4, -0.2) is 66.6 Å². The normalized spacial score (nSPS) is 15.7. The summed E-state index contributed by atoms with van der Waals surface area (Å²) in [6.07, 6.45) is 4.72. The predicted molar refractivity (Wildman–Crippen MR) is 112 cm³/mol. The largest absolute Gasteiger partial charge is 0.357 e. The Morgan fingerprint density at radius 2 is 1.96 bits per heavy atom. The summed E-state index contributed by atoms with van der Waals surface area (Å²) < 4.78 is 0. The van der Waals surface area contributed by atoms with E-state index in [1.165, 1.54) is 4.88 Å². The first kappa shape index (κ1) is 19.6. The Hall–Kier alpha value is -2.19. The average molecular weight is 388 g/mol. The summed E-state index contributed by atoms with van der Waals surface area (Å²) >= 11 is 1.75. The Labute approximate surface area is 165 Å².